The second kappa shape index (κ2) is 7.78. The third-order valence-electron chi connectivity index (χ3n) is 4.76. The molecule has 6 heteroatoms. The van der Waals surface area contributed by atoms with Crippen LogP contribution in [-0.2, 0) is 5.75 Å². The Bertz CT molecular complexity index is 1260. The predicted octanol–water partition coefficient (Wildman–Crippen LogP) is 6.36. The first kappa shape index (κ1) is 18.0. The number of halogens is 1. The molecule has 29 heavy (non-hydrogen) atoms. The number of thioether (sulfide) groups is 1. The van der Waals surface area contributed by atoms with Gasteiger partial charge in [0, 0.05) is 39.1 Å². The number of rotatable bonds is 5. The van der Waals surface area contributed by atoms with Crippen molar-refractivity contribution in [3.8, 4) is 17.1 Å². The maximum Gasteiger partial charge on any atom is 0.196 e. The van der Waals surface area contributed by atoms with E-state index < -0.39 is 0 Å². The van der Waals surface area contributed by atoms with E-state index in [4.69, 9.17) is 11.6 Å². The van der Waals surface area contributed by atoms with Gasteiger partial charge in [-0.2, -0.15) is 0 Å². The second-order valence-electron chi connectivity index (χ2n) is 6.64. The van der Waals surface area contributed by atoms with Crippen LogP contribution in [0, 0.1) is 0 Å². The third-order valence-corrected chi connectivity index (χ3v) is 6.01. The zero-order valence-corrected chi connectivity index (χ0v) is 17.0. The lowest BCUT2D eigenvalue weighted by Crippen LogP contribution is -1.99. The van der Waals surface area contributed by atoms with Crippen LogP contribution in [0.1, 0.15) is 5.56 Å². The van der Waals surface area contributed by atoms with Crippen molar-refractivity contribution < 1.29 is 0 Å². The van der Waals surface area contributed by atoms with Crippen LogP contribution in [0.2, 0.25) is 5.02 Å². The lowest BCUT2D eigenvalue weighted by molar-refractivity contribution is 0.886. The van der Waals surface area contributed by atoms with Crippen LogP contribution in [0.15, 0.2) is 90.2 Å². The van der Waals surface area contributed by atoms with Gasteiger partial charge in [0.05, 0.1) is 0 Å². The Morgan fingerprint density at radius 3 is 2.45 bits per heavy atom. The molecule has 0 bridgehead atoms. The van der Waals surface area contributed by atoms with E-state index >= 15 is 0 Å². The molecule has 0 fully saturated rings. The number of hydrogen-bond acceptors (Lipinski definition) is 3. The van der Waals surface area contributed by atoms with Gasteiger partial charge >= 0.3 is 0 Å². The van der Waals surface area contributed by atoms with Gasteiger partial charge in [-0.15, -0.1) is 10.2 Å². The van der Waals surface area contributed by atoms with Crippen molar-refractivity contribution in [2.75, 3.05) is 0 Å². The van der Waals surface area contributed by atoms with E-state index in [0.717, 1.165) is 38.9 Å². The van der Waals surface area contributed by atoms with Crippen LogP contribution < -0.4 is 0 Å². The molecule has 0 aliphatic rings. The van der Waals surface area contributed by atoms with Crippen molar-refractivity contribution >= 4 is 34.3 Å². The quantitative estimate of drug-likeness (QED) is 0.339. The molecule has 142 valence electrons. The highest BCUT2D eigenvalue weighted by Crippen LogP contribution is 2.33. The minimum absolute atomic E-state index is 0.703. The van der Waals surface area contributed by atoms with Gasteiger partial charge < -0.3 is 4.98 Å². The highest BCUT2D eigenvalue weighted by atomic mass is 35.5. The molecule has 0 aliphatic carbocycles. The molecule has 0 amide bonds. The average molecular weight is 417 g/mol. The molecule has 5 aromatic rings. The number of benzene rings is 3. The van der Waals surface area contributed by atoms with Crippen molar-refractivity contribution in [3.05, 3.63) is 95.6 Å². The first-order chi connectivity index (χ1) is 14.3. The Labute approximate surface area is 177 Å². The zero-order valence-electron chi connectivity index (χ0n) is 15.4. The number of aromatic amines is 1. The minimum Gasteiger partial charge on any atom is -0.360 e. The lowest BCUT2D eigenvalue weighted by Gasteiger charge is -2.10. The summed E-state index contributed by atoms with van der Waals surface area (Å²) in [6.45, 7) is 0. The molecule has 1 N–H and O–H groups in total. The van der Waals surface area contributed by atoms with Crippen molar-refractivity contribution in [1.82, 2.24) is 19.7 Å². The Hall–Kier alpha value is -3.02. The van der Waals surface area contributed by atoms with Gasteiger partial charge in [0.15, 0.2) is 11.0 Å². The summed E-state index contributed by atoms with van der Waals surface area (Å²) in [7, 11) is 0. The Morgan fingerprint density at radius 1 is 0.862 bits per heavy atom. The van der Waals surface area contributed by atoms with E-state index in [2.05, 4.69) is 56.1 Å². The first-order valence-corrected chi connectivity index (χ1v) is 10.6. The molecule has 3 aromatic carbocycles. The van der Waals surface area contributed by atoms with Crippen LogP contribution >= 0.6 is 23.4 Å². The van der Waals surface area contributed by atoms with Crippen molar-refractivity contribution in [2.24, 2.45) is 0 Å². The standard InChI is InChI=1S/C23H17ClN4S/c24-17-10-12-18(13-11-17)28-22(20-14-25-21-9-5-4-8-19(20)21)26-27-23(28)29-15-16-6-2-1-3-7-16/h1-14,25H,15H2. The molecular weight excluding hydrogens is 400 g/mol. The Kier molecular flexibility index (Phi) is 4.84. The molecule has 2 aromatic heterocycles. The SMILES string of the molecule is Clc1ccc(-n2c(SCc3ccccc3)nnc2-c2c[nH]c3ccccc23)cc1. The summed E-state index contributed by atoms with van der Waals surface area (Å²) >= 11 is 7.79. The van der Waals surface area contributed by atoms with Gasteiger partial charge in [-0.05, 0) is 35.9 Å². The minimum atomic E-state index is 0.703. The molecule has 0 radical (unpaired) electrons. The summed E-state index contributed by atoms with van der Waals surface area (Å²) in [6, 6.07) is 26.4. The van der Waals surface area contributed by atoms with Gasteiger partial charge in [0.1, 0.15) is 0 Å². The van der Waals surface area contributed by atoms with Gasteiger partial charge in [0.2, 0.25) is 0 Å². The van der Waals surface area contributed by atoms with Crippen LogP contribution in [0.5, 0.6) is 0 Å². The van der Waals surface area contributed by atoms with E-state index in [1.54, 1.807) is 11.8 Å². The van der Waals surface area contributed by atoms with Crippen molar-refractivity contribution in [3.63, 3.8) is 0 Å². The maximum absolute atomic E-state index is 6.12. The van der Waals surface area contributed by atoms with Crippen LogP contribution in [0.3, 0.4) is 0 Å². The van der Waals surface area contributed by atoms with Gasteiger partial charge in [-0.1, -0.05) is 71.9 Å². The Morgan fingerprint density at radius 2 is 1.62 bits per heavy atom. The maximum atomic E-state index is 6.12. The summed E-state index contributed by atoms with van der Waals surface area (Å²) in [4.78, 5) is 3.33. The van der Waals surface area contributed by atoms with Gasteiger partial charge in [-0.3, -0.25) is 4.57 Å². The van der Waals surface area contributed by atoms with Crippen molar-refractivity contribution in [2.45, 2.75) is 10.9 Å². The summed E-state index contributed by atoms with van der Waals surface area (Å²) in [5, 5.41) is 11.7. The number of nitrogens with one attached hydrogen (secondary N) is 1. The molecule has 0 unspecified atom stereocenters. The van der Waals surface area contributed by atoms with E-state index in [-0.39, 0.29) is 0 Å². The molecule has 0 aliphatic heterocycles. The van der Waals surface area contributed by atoms with Crippen LogP contribution in [0.4, 0.5) is 0 Å². The molecule has 2 heterocycles. The van der Waals surface area contributed by atoms with Crippen LogP contribution in [-0.4, -0.2) is 19.7 Å². The monoisotopic (exact) mass is 416 g/mol. The highest BCUT2D eigenvalue weighted by Gasteiger charge is 2.19. The van der Waals surface area contributed by atoms with Gasteiger partial charge in [-0.25, -0.2) is 0 Å². The molecule has 0 spiro atoms. The normalized spacial score (nSPS) is 11.2. The summed E-state index contributed by atoms with van der Waals surface area (Å²) in [6.07, 6.45) is 1.99. The lowest BCUT2D eigenvalue weighted by atomic mass is 10.1. The number of H-pyrrole nitrogens is 1. The fourth-order valence-electron chi connectivity index (χ4n) is 3.34. The van der Waals surface area contributed by atoms with E-state index in [0.29, 0.717) is 5.02 Å². The summed E-state index contributed by atoms with van der Waals surface area (Å²) in [5.41, 5.74) is 4.33. The summed E-state index contributed by atoms with van der Waals surface area (Å²) < 4.78 is 2.10. The van der Waals surface area contributed by atoms with Gasteiger partial charge in [0.25, 0.3) is 0 Å². The predicted molar refractivity (Wildman–Crippen MR) is 120 cm³/mol. The second-order valence-corrected chi connectivity index (χ2v) is 8.02. The summed E-state index contributed by atoms with van der Waals surface area (Å²) in [5.74, 6) is 1.63. The van der Waals surface area contributed by atoms with E-state index in [1.807, 2.05) is 48.7 Å². The largest absolute Gasteiger partial charge is 0.360 e. The number of fused-ring (bicyclic) bond motifs is 1. The molecule has 0 saturated carbocycles. The zero-order chi connectivity index (χ0) is 19.6. The van der Waals surface area contributed by atoms with Crippen LogP contribution in [0.25, 0.3) is 28.0 Å². The molecule has 4 nitrogen and oxygen atoms in total. The third kappa shape index (κ3) is 3.55. The molecule has 0 atom stereocenters. The average Bonchev–Trinajstić information content (AvgIpc) is 3.37. The van der Waals surface area contributed by atoms with E-state index in [9.17, 15) is 0 Å². The number of nitrogens with zero attached hydrogens (tertiary/aromatic N) is 3. The highest BCUT2D eigenvalue weighted by molar-refractivity contribution is 7.98. The Balaban J connectivity index is 1.61. The van der Waals surface area contributed by atoms with E-state index in [1.165, 1.54) is 5.56 Å². The molecular formula is C23H17ClN4S. The molecule has 5 rings (SSSR count). The first-order valence-electron chi connectivity index (χ1n) is 9.24. The number of para-hydroxylation sites is 1. The number of hydrogen-bond donors (Lipinski definition) is 1. The van der Waals surface area contributed by atoms with Crippen molar-refractivity contribution in [1.29, 1.82) is 0 Å². The molecule has 0 saturated heterocycles. The number of aromatic nitrogens is 4. The fraction of sp³-hybridized carbons (Fsp3) is 0.0435. The smallest absolute Gasteiger partial charge is 0.196 e. The fourth-order valence-corrected chi connectivity index (χ4v) is 4.37. The topological polar surface area (TPSA) is 46.5 Å².